The number of aliphatic hydroxyl groups is 1. The van der Waals surface area contributed by atoms with Crippen LogP contribution in [0, 0.1) is 0 Å². The topological polar surface area (TPSA) is 74.2 Å². The van der Waals surface area contributed by atoms with Crippen LogP contribution in [-0.4, -0.2) is 22.7 Å². The number of aliphatic hydroxyl groups excluding tert-OH is 1. The van der Waals surface area contributed by atoms with Crippen LogP contribution in [0.2, 0.25) is 0 Å². The van der Waals surface area contributed by atoms with Crippen LogP contribution in [0.15, 0.2) is 42.7 Å². The molecule has 0 aliphatic carbocycles. The smallest absolute Gasteiger partial charge is 0.319 e. The highest BCUT2D eigenvalue weighted by atomic mass is 16.3. The highest BCUT2D eigenvalue weighted by Crippen LogP contribution is 2.17. The van der Waals surface area contributed by atoms with Gasteiger partial charge < -0.3 is 15.7 Å². The van der Waals surface area contributed by atoms with Gasteiger partial charge in [0.1, 0.15) is 0 Å². The van der Waals surface area contributed by atoms with Crippen molar-refractivity contribution in [3.63, 3.8) is 0 Å². The molecule has 1 aromatic heterocycles. The molecule has 0 fully saturated rings. The van der Waals surface area contributed by atoms with Crippen LogP contribution in [-0.2, 0) is 12.8 Å². The van der Waals surface area contributed by atoms with Crippen molar-refractivity contribution in [2.24, 2.45) is 0 Å². The second-order valence-corrected chi connectivity index (χ2v) is 5.32. The van der Waals surface area contributed by atoms with Gasteiger partial charge in [-0.15, -0.1) is 0 Å². The number of aryl methyl sites for hydroxylation is 2. The number of anilines is 1. The number of urea groups is 1. The fraction of sp³-hybridized carbons (Fsp3) is 0.333. The van der Waals surface area contributed by atoms with Crippen LogP contribution in [0.4, 0.5) is 10.5 Å². The van der Waals surface area contributed by atoms with Crippen molar-refractivity contribution in [2.75, 3.05) is 11.9 Å². The molecule has 23 heavy (non-hydrogen) atoms. The molecular weight excluding hydrogens is 290 g/mol. The number of aromatic nitrogens is 1. The van der Waals surface area contributed by atoms with E-state index in [-0.39, 0.29) is 12.6 Å². The molecule has 0 saturated carbocycles. The average Bonchev–Trinajstić information content (AvgIpc) is 2.60. The summed E-state index contributed by atoms with van der Waals surface area (Å²) in [6, 6.07) is 9.06. The first-order chi connectivity index (χ1) is 11.1. The molecular formula is C18H23N3O2. The first kappa shape index (κ1) is 17.0. The van der Waals surface area contributed by atoms with Gasteiger partial charge in [-0.1, -0.05) is 19.9 Å². The Labute approximate surface area is 136 Å². The van der Waals surface area contributed by atoms with Gasteiger partial charge in [-0.25, -0.2) is 4.79 Å². The zero-order valence-electron chi connectivity index (χ0n) is 13.5. The molecule has 1 aromatic carbocycles. The van der Waals surface area contributed by atoms with E-state index in [4.69, 9.17) is 0 Å². The molecule has 3 N–H and O–H groups in total. The predicted octanol–water partition coefficient (Wildman–Crippen LogP) is 3.06. The van der Waals surface area contributed by atoms with Crippen LogP contribution in [0.5, 0.6) is 0 Å². The molecule has 1 atom stereocenters. The van der Waals surface area contributed by atoms with Gasteiger partial charge in [-0.3, -0.25) is 4.98 Å². The van der Waals surface area contributed by atoms with E-state index in [0.717, 1.165) is 24.1 Å². The molecule has 1 heterocycles. The number of carbonyl (C=O) groups is 1. The minimum Gasteiger partial charge on any atom is -0.387 e. The van der Waals surface area contributed by atoms with Gasteiger partial charge in [0, 0.05) is 24.6 Å². The van der Waals surface area contributed by atoms with E-state index in [1.165, 1.54) is 11.1 Å². The van der Waals surface area contributed by atoms with E-state index < -0.39 is 6.10 Å². The normalized spacial score (nSPS) is 11.8. The van der Waals surface area contributed by atoms with Crippen LogP contribution in [0.1, 0.15) is 36.6 Å². The Bertz CT molecular complexity index is 644. The van der Waals surface area contributed by atoms with Crippen LogP contribution < -0.4 is 10.6 Å². The molecule has 0 radical (unpaired) electrons. The van der Waals surface area contributed by atoms with Gasteiger partial charge >= 0.3 is 6.03 Å². The van der Waals surface area contributed by atoms with Crippen molar-refractivity contribution in [3.8, 4) is 0 Å². The van der Waals surface area contributed by atoms with Crippen molar-refractivity contribution in [1.29, 1.82) is 0 Å². The summed E-state index contributed by atoms with van der Waals surface area (Å²) in [7, 11) is 0. The Hall–Kier alpha value is -2.40. The molecule has 122 valence electrons. The minimum absolute atomic E-state index is 0.142. The Morgan fingerprint density at radius 1 is 1.13 bits per heavy atom. The summed E-state index contributed by atoms with van der Waals surface area (Å²) in [5, 5.41) is 15.5. The third-order valence-corrected chi connectivity index (χ3v) is 3.77. The zero-order valence-corrected chi connectivity index (χ0v) is 13.5. The Morgan fingerprint density at radius 2 is 1.83 bits per heavy atom. The molecule has 0 saturated heterocycles. The standard InChI is InChI=1S/C18H23N3O2/c1-3-13-5-6-16(11-14(13)4-2)21-18(23)20-12-17(22)15-7-9-19-10-8-15/h5-11,17,22H,3-4,12H2,1-2H3,(H2,20,21,23). The largest absolute Gasteiger partial charge is 0.387 e. The lowest BCUT2D eigenvalue weighted by Crippen LogP contribution is -2.32. The van der Waals surface area contributed by atoms with Crippen molar-refractivity contribution < 1.29 is 9.90 Å². The summed E-state index contributed by atoms with van der Waals surface area (Å²) in [5.41, 5.74) is 4.02. The number of benzene rings is 1. The minimum atomic E-state index is -0.752. The summed E-state index contributed by atoms with van der Waals surface area (Å²) in [6.45, 7) is 4.36. The van der Waals surface area contributed by atoms with Crippen molar-refractivity contribution in [1.82, 2.24) is 10.3 Å². The number of hydrogen-bond acceptors (Lipinski definition) is 3. The Kier molecular flexibility index (Phi) is 6.11. The van der Waals surface area contributed by atoms with Gasteiger partial charge in [-0.05, 0) is 53.8 Å². The fourth-order valence-corrected chi connectivity index (χ4v) is 2.45. The van der Waals surface area contributed by atoms with Crippen LogP contribution >= 0.6 is 0 Å². The van der Waals surface area contributed by atoms with Crippen molar-refractivity contribution in [3.05, 3.63) is 59.4 Å². The fourth-order valence-electron chi connectivity index (χ4n) is 2.45. The summed E-state index contributed by atoms with van der Waals surface area (Å²) in [6.07, 6.45) is 4.38. The number of nitrogens with one attached hydrogen (secondary N) is 2. The molecule has 0 aliphatic heterocycles. The van der Waals surface area contributed by atoms with Crippen molar-refractivity contribution >= 4 is 11.7 Å². The van der Waals surface area contributed by atoms with Gasteiger partial charge in [-0.2, -0.15) is 0 Å². The Balaban J connectivity index is 1.90. The Morgan fingerprint density at radius 3 is 2.48 bits per heavy atom. The molecule has 5 nitrogen and oxygen atoms in total. The van der Waals surface area contributed by atoms with Crippen LogP contribution in [0.3, 0.4) is 0 Å². The number of carbonyl (C=O) groups excluding carboxylic acids is 1. The summed E-state index contributed by atoms with van der Waals surface area (Å²) in [4.78, 5) is 15.9. The highest BCUT2D eigenvalue weighted by Gasteiger charge is 2.10. The van der Waals surface area contributed by atoms with Gasteiger partial charge in [0.15, 0.2) is 0 Å². The van der Waals surface area contributed by atoms with E-state index in [2.05, 4.69) is 29.5 Å². The molecule has 2 amide bonds. The maximum absolute atomic E-state index is 12.0. The third-order valence-electron chi connectivity index (χ3n) is 3.77. The molecule has 5 heteroatoms. The molecule has 0 aliphatic rings. The first-order valence-electron chi connectivity index (χ1n) is 7.88. The summed E-state index contributed by atoms with van der Waals surface area (Å²) < 4.78 is 0. The second kappa shape index (κ2) is 8.29. The van der Waals surface area contributed by atoms with Gasteiger partial charge in [0.2, 0.25) is 0 Å². The molecule has 0 bridgehead atoms. The molecule has 0 spiro atoms. The number of nitrogens with zero attached hydrogens (tertiary/aromatic N) is 1. The number of pyridine rings is 1. The quantitative estimate of drug-likeness (QED) is 0.767. The highest BCUT2D eigenvalue weighted by molar-refractivity contribution is 5.89. The lowest BCUT2D eigenvalue weighted by molar-refractivity contribution is 0.175. The summed E-state index contributed by atoms with van der Waals surface area (Å²) in [5.74, 6) is 0. The van der Waals surface area contributed by atoms with Crippen molar-refractivity contribution in [2.45, 2.75) is 32.8 Å². The number of rotatable bonds is 6. The molecule has 2 aromatic rings. The SMILES string of the molecule is CCc1ccc(NC(=O)NCC(O)c2ccncc2)cc1CC. The number of amides is 2. The van der Waals surface area contributed by atoms with Crippen LogP contribution in [0.25, 0.3) is 0 Å². The molecule has 2 rings (SSSR count). The monoisotopic (exact) mass is 313 g/mol. The maximum Gasteiger partial charge on any atom is 0.319 e. The number of hydrogen-bond donors (Lipinski definition) is 3. The first-order valence-corrected chi connectivity index (χ1v) is 7.88. The van der Waals surface area contributed by atoms with E-state index in [0.29, 0.717) is 0 Å². The summed E-state index contributed by atoms with van der Waals surface area (Å²) >= 11 is 0. The van der Waals surface area contributed by atoms with E-state index in [1.54, 1.807) is 24.5 Å². The molecule has 1 unspecified atom stereocenters. The van der Waals surface area contributed by atoms with Gasteiger partial charge in [0.05, 0.1) is 6.10 Å². The van der Waals surface area contributed by atoms with Gasteiger partial charge in [0.25, 0.3) is 0 Å². The lowest BCUT2D eigenvalue weighted by Gasteiger charge is -2.14. The lowest BCUT2D eigenvalue weighted by atomic mass is 10.0. The van der Waals surface area contributed by atoms with E-state index >= 15 is 0 Å². The van der Waals surface area contributed by atoms with E-state index in [1.807, 2.05) is 18.2 Å². The second-order valence-electron chi connectivity index (χ2n) is 5.32. The zero-order chi connectivity index (χ0) is 16.7. The third kappa shape index (κ3) is 4.79. The van der Waals surface area contributed by atoms with E-state index in [9.17, 15) is 9.90 Å². The average molecular weight is 313 g/mol. The maximum atomic E-state index is 12.0. The predicted molar refractivity (Wildman–Crippen MR) is 91.4 cm³/mol.